The van der Waals surface area contributed by atoms with Gasteiger partial charge in [-0.3, -0.25) is 17.0 Å². The van der Waals surface area contributed by atoms with Gasteiger partial charge in [0.15, 0.2) is 0 Å². The van der Waals surface area contributed by atoms with E-state index in [1.807, 2.05) is 32.9 Å². The molecule has 0 aliphatic carbocycles. The lowest BCUT2D eigenvalue weighted by Crippen LogP contribution is -2.22. The van der Waals surface area contributed by atoms with Gasteiger partial charge in [-0.2, -0.15) is 0 Å². The third kappa shape index (κ3) is 6.92. The summed E-state index contributed by atoms with van der Waals surface area (Å²) in [6, 6.07) is 22.4. The molecule has 0 aromatic heterocycles. The quantitative estimate of drug-likeness (QED) is 0.199. The van der Waals surface area contributed by atoms with E-state index in [1.54, 1.807) is 54.6 Å². The number of nitrogens with zero attached hydrogens (tertiary/aromatic N) is 2. The van der Waals surface area contributed by atoms with Crippen molar-refractivity contribution in [2.75, 3.05) is 20.5 Å². The Bertz CT molecular complexity index is 1600. The van der Waals surface area contributed by atoms with Gasteiger partial charge in [0.25, 0.3) is 0 Å². The summed E-state index contributed by atoms with van der Waals surface area (Å²) < 4.78 is 56.7. The van der Waals surface area contributed by atoms with E-state index in [-0.39, 0.29) is 22.7 Å². The largest absolute Gasteiger partial charge is 0.755 e. The van der Waals surface area contributed by atoms with Crippen molar-refractivity contribution >= 4 is 56.9 Å². The van der Waals surface area contributed by atoms with E-state index in [2.05, 4.69) is 5.32 Å². The number of rotatable bonds is 11. The summed E-state index contributed by atoms with van der Waals surface area (Å²) in [5.41, 5.74) is 3.12. The summed E-state index contributed by atoms with van der Waals surface area (Å²) in [5, 5.41) is 13.1. The van der Waals surface area contributed by atoms with Crippen LogP contribution < -0.4 is 18.7 Å². The molecule has 0 aliphatic heterocycles. The number of hydrogen-bond donors (Lipinski definition) is 2. The van der Waals surface area contributed by atoms with Gasteiger partial charge in [-0.1, -0.05) is 35.4 Å². The van der Waals surface area contributed by atoms with Gasteiger partial charge in [0, 0.05) is 12.6 Å². The molecule has 10 nitrogen and oxygen atoms in total. The van der Waals surface area contributed by atoms with Gasteiger partial charge in [0.1, 0.15) is 11.5 Å². The monoisotopic (exact) mass is 593 g/mol. The summed E-state index contributed by atoms with van der Waals surface area (Å²) in [6.07, 6.45) is 0. The van der Waals surface area contributed by atoms with Crippen molar-refractivity contribution in [3.63, 3.8) is 0 Å². The van der Waals surface area contributed by atoms with Crippen molar-refractivity contribution in [3.8, 4) is 11.5 Å². The molecule has 12 heteroatoms. The Morgan fingerprint density at radius 2 is 1.24 bits per heavy atom. The van der Waals surface area contributed by atoms with Crippen LogP contribution in [-0.4, -0.2) is 35.1 Å². The Morgan fingerprint density at radius 1 is 0.780 bits per heavy atom. The van der Waals surface area contributed by atoms with Gasteiger partial charge in [-0.05, 0) is 75.4 Å². The number of carboxylic acid groups (broad SMARTS) is 1. The Hall–Kier alpha value is -4.23. The fourth-order valence-electron chi connectivity index (χ4n) is 4.12. The number of benzene rings is 4. The maximum absolute atomic E-state index is 12.2. The highest BCUT2D eigenvalue weighted by molar-refractivity contribution is 7.81. The number of ether oxygens (including phenoxy) is 1. The van der Waals surface area contributed by atoms with Crippen LogP contribution >= 0.6 is 0 Å². The summed E-state index contributed by atoms with van der Waals surface area (Å²) in [6.45, 7) is 6.11. The average molecular weight is 594 g/mol. The van der Waals surface area contributed by atoms with Gasteiger partial charge in [-0.15, -0.1) is 0 Å². The molecule has 2 N–H and O–H groups in total. The molecule has 0 saturated carbocycles. The van der Waals surface area contributed by atoms with Crippen molar-refractivity contribution in [2.45, 2.75) is 20.8 Å². The van der Waals surface area contributed by atoms with Crippen LogP contribution in [0.4, 0.5) is 28.4 Å². The first-order valence-corrected chi connectivity index (χ1v) is 14.5. The molecule has 0 spiro atoms. The molecule has 0 amide bonds. The molecule has 0 radical (unpaired) electrons. The van der Waals surface area contributed by atoms with Crippen LogP contribution in [0.5, 0.6) is 11.5 Å². The molecule has 2 unspecified atom stereocenters. The maximum atomic E-state index is 12.2. The highest BCUT2D eigenvalue weighted by atomic mass is 32.2. The maximum Gasteiger partial charge on any atom is 0.337 e. The minimum Gasteiger partial charge on any atom is -0.755 e. The number of hydrogen-bond acceptors (Lipinski definition) is 7. The predicted octanol–water partition coefficient (Wildman–Crippen LogP) is 6.09. The lowest BCUT2D eigenvalue weighted by Gasteiger charge is -2.29. The predicted molar refractivity (Wildman–Crippen MR) is 159 cm³/mol. The standard InChI is InChI=1S/C29H29N3O7S2/c1-4-30-26-18-24(14-16-28(26)32(41(37)38)22-11-7-20(3)8-12-22)39-23-13-15-27(25(17-23)29(33)34)31(40(35)36)21-9-5-19(2)6-10-21/h5-18,30H,4H2,1-3H3,(H,33,34)(H,35,36)(H,37,38)/p-2. The van der Waals surface area contributed by atoms with Crippen LogP contribution in [-0.2, 0) is 22.5 Å². The van der Waals surface area contributed by atoms with Gasteiger partial charge in [-0.25, -0.2) is 4.79 Å². The van der Waals surface area contributed by atoms with Crippen molar-refractivity contribution in [3.05, 3.63) is 102 Å². The van der Waals surface area contributed by atoms with Crippen LogP contribution in [0.3, 0.4) is 0 Å². The number of nitrogens with one attached hydrogen (secondary N) is 1. The van der Waals surface area contributed by atoms with Crippen molar-refractivity contribution in [1.29, 1.82) is 0 Å². The van der Waals surface area contributed by atoms with Gasteiger partial charge in [0.2, 0.25) is 0 Å². The lowest BCUT2D eigenvalue weighted by atomic mass is 10.1. The van der Waals surface area contributed by atoms with Crippen molar-refractivity contribution in [1.82, 2.24) is 0 Å². The van der Waals surface area contributed by atoms with Crippen LogP contribution in [0.15, 0.2) is 84.9 Å². The van der Waals surface area contributed by atoms with E-state index in [1.165, 1.54) is 18.2 Å². The average Bonchev–Trinajstić information content (AvgIpc) is 2.92. The Kier molecular flexibility index (Phi) is 9.40. The molecule has 4 rings (SSSR count). The first-order valence-electron chi connectivity index (χ1n) is 12.4. The van der Waals surface area contributed by atoms with E-state index in [0.29, 0.717) is 29.4 Å². The summed E-state index contributed by atoms with van der Waals surface area (Å²) in [4.78, 5) is 12.2. The van der Waals surface area contributed by atoms with Crippen LogP contribution in [0.2, 0.25) is 0 Å². The Balaban J connectivity index is 1.70. The number of carbonyl (C=O) groups is 1. The smallest absolute Gasteiger partial charge is 0.337 e. The van der Waals surface area contributed by atoms with Gasteiger partial charge >= 0.3 is 5.97 Å². The molecule has 0 fully saturated rings. The second-order valence-corrected chi connectivity index (χ2v) is 10.6. The summed E-state index contributed by atoms with van der Waals surface area (Å²) >= 11 is -5.43. The minimum absolute atomic E-state index is 0.0580. The second-order valence-electron chi connectivity index (χ2n) is 8.99. The van der Waals surface area contributed by atoms with E-state index >= 15 is 0 Å². The zero-order chi connectivity index (χ0) is 29.7. The number of anilines is 5. The lowest BCUT2D eigenvalue weighted by molar-refractivity contribution is 0.0697. The molecule has 0 heterocycles. The van der Waals surface area contributed by atoms with E-state index in [0.717, 1.165) is 19.7 Å². The van der Waals surface area contributed by atoms with Crippen LogP contribution in [0.1, 0.15) is 28.4 Å². The van der Waals surface area contributed by atoms with Crippen LogP contribution in [0, 0.1) is 13.8 Å². The molecule has 4 aromatic rings. The van der Waals surface area contributed by atoms with E-state index in [4.69, 9.17) is 4.74 Å². The Labute approximate surface area is 243 Å². The zero-order valence-corrected chi connectivity index (χ0v) is 24.0. The fourth-order valence-corrected chi connectivity index (χ4v) is 5.35. The number of carboxylic acids is 1. The molecule has 2 atom stereocenters. The third-order valence-corrected chi connectivity index (χ3v) is 7.45. The normalized spacial score (nSPS) is 12.3. The van der Waals surface area contributed by atoms with E-state index < -0.39 is 28.5 Å². The van der Waals surface area contributed by atoms with E-state index in [9.17, 15) is 27.4 Å². The number of aromatic carboxylic acids is 1. The SMILES string of the molecule is CCNc1cc(Oc2ccc(N(c3ccc(C)cc3)S(=O)[O-])c(C(=O)O)c2)ccc1N(c1ccc(C)cc1)S(=O)[O-]. The highest BCUT2D eigenvalue weighted by Crippen LogP contribution is 2.38. The third-order valence-electron chi connectivity index (χ3n) is 6.04. The first kappa shape index (κ1) is 29.7. The van der Waals surface area contributed by atoms with Gasteiger partial charge < -0.3 is 24.3 Å². The zero-order valence-electron chi connectivity index (χ0n) is 22.4. The Morgan fingerprint density at radius 3 is 1.71 bits per heavy atom. The molecule has 0 saturated heterocycles. The molecule has 0 aliphatic rings. The van der Waals surface area contributed by atoms with Crippen LogP contribution in [0.25, 0.3) is 0 Å². The molecule has 0 bridgehead atoms. The summed E-state index contributed by atoms with van der Waals surface area (Å²) in [7, 11) is 0. The minimum atomic E-state index is -2.80. The number of aryl methyl sites for hydroxylation is 2. The molecule has 41 heavy (non-hydrogen) atoms. The molecule has 4 aromatic carbocycles. The van der Waals surface area contributed by atoms with Crippen molar-refractivity contribution in [2.24, 2.45) is 0 Å². The molecular weight excluding hydrogens is 566 g/mol. The van der Waals surface area contributed by atoms with Crippen molar-refractivity contribution < 1.29 is 32.2 Å². The highest BCUT2D eigenvalue weighted by Gasteiger charge is 2.21. The second kappa shape index (κ2) is 13.0. The molecule has 214 valence electrons. The first-order chi connectivity index (χ1) is 19.6. The van der Waals surface area contributed by atoms with Gasteiger partial charge in [0.05, 0.1) is 56.5 Å². The fraction of sp³-hybridized carbons (Fsp3) is 0.138. The summed E-state index contributed by atoms with van der Waals surface area (Å²) in [5.74, 6) is -0.898. The topological polar surface area (TPSA) is 145 Å². The molecular formula is C29H27N3O7S2-2.